The van der Waals surface area contributed by atoms with Crippen LogP contribution in [-0.4, -0.2) is 20.9 Å². The molecule has 1 aromatic carbocycles. The number of nitrogens with zero attached hydrogens (tertiary/aromatic N) is 2. The molecule has 8 heteroatoms. The van der Waals surface area contributed by atoms with Crippen molar-refractivity contribution < 1.29 is 23.1 Å². The maximum absolute atomic E-state index is 12.9. The monoisotopic (exact) mass is 348 g/mol. The molecule has 2 rings (SSSR count). The van der Waals surface area contributed by atoms with Gasteiger partial charge in [-0.1, -0.05) is 28.1 Å². The van der Waals surface area contributed by atoms with Crippen LogP contribution in [0.5, 0.6) is 0 Å². The van der Waals surface area contributed by atoms with Gasteiger partial charge in [0.2, 0.25) is 0 Å². The molecule has 4 nitrogen and oxygen atoms in total. The molecule has 0 saturated heterocycles. The number of hydrogen-bond donors (Lipinski definition) is 1. The Hall–Kier alpha value is -1.83. The molecule has 0 amide bonds. The van der Waals surface area contributed by atoms with Gasteiger partial charge in [-0.15, -0.1) is 0 Å². The Morgan fingerprint density at radius 2 is 1.90 bits per heavy atom. The zero-order valence-electron chi connectivity index (χ0n) is 9.86. The molecule has 0 atom stereocenters. The molecule has 0 aliphatic heterocycles. The summed E-state index contributed by atoms with van der Waals surface area (Å²) in [4.78, 5) is 10.8. The van der Waals surface area contributed by atoms with Crippen LogP contribution >= 0.6 is 15.9 Å². The van der Waals surface area contributed by atoms with E-state index in [9.17, 15) is 18.0 Å². The Kier molecular flexibility index (Phi) is 3.85. The number of benzene rings is 1. The minimum absolute atomic E-state index is 0.157. The maximum Gasteiger partial charge on any atom is 0.433 e. The Bertz CT molecular complexity index is 635. The van der Waals surface area contributed by atoms with Crippen LogP contribution in [-0.2, 0) is 12.7 Å². The third-order valence-corrected chi connectivity index (χ3v) is 3.11. The highest BCUT2D eigenvalue weighted by molar-refractivity contribution is 9.10. The van der Waals surface area contributed by atoms with Gasteiger partial charge >= 0.3 is 12.1 Å². The molecule has 0 saturated carbocycles. The normalized spacial score (nSPS) is 11.6. The van der Waals surface area contributed by atoms with Crippen LogP contribution in [0.4, 0.5) is 13.2 Å². The summed E-state index contributed by atoms with van der Waals surface area (Å²) in [5.41, 5.74) is -1.53. The van der Waals surface area contributed by atoms with Crippen molar-refractivity contribution in [2.24, 2.45) is 0 Å². The Labute approximate surface area is 120 Å². The van der Waals surface area contributed by atoms with Gasteiger partial charge in [-0.3, -0.25) is 4.68 Å². The van der Waals surface area contributed by atoms with Crippen molar-refractivity contribution in [3.63, 3.8) is 0 Å². The first-order valence-corrected chi connectivity index (χ1v) is 6.19. The number of carboxylic acid groups (broad SMARTS) is 1. The first kappa shape index (κ1) is 14.6. The summed E-state index contributed by atoms with van der Waals surface area (Å²) in [6, 6.07) is 6.63. The van der Waals surface area contributed by atoms with Crippen LogP contribution in [0.1, 0.15) is 21.6 Å². The number of rotatable bonds is 3. The average molecular weight is 349 g/mol. The number of halogens is 4. The van der Waals surface area contributed by atoms with E-state index in [1.54, 1.807) is 24.3 Å². The van der Waals surface area contributed by atoms with Gasteiger partial charge in [-0.25, -0.2) is 4.79 Å². The summed E-state index contributed by atoms with van der Waals surface area (Å²) in [6.07, 6.45) is -4.07. The maximum atomic E-state index is 12.9. The highest BCUT2D eigenvalue weighted by Crippen LogP contribution is 2.32. The van der Waals surface area contributed by atoms with Gasteiger partial charge in [0.05, 0.1) is 12.7 Å². The molecule has 106 valence electrons. The van der Waals surface area contributed by atoms with E-state index < -0.39 is 23.4 Å². The second-order valence-electron chi connectivity index (χ2n) is 3.99. The summed E-state index contributed by atoms with van der Waals surface area (Å²) in [5.74, 6) is -1.65. The molecule has 0 fully saturated rings. The van der Waals surface area contributed by atoms with E-state index in [1.165, 1.54) is 0 Å². The van der Waals surface area contributed by atoms with Gasteiger partial charge < -0.3 is 5.11 Å². The van der Waals surface area contributed by atoms with Crippen molar-refractivity contribution in [2.75, 3.05) is 0 Å². The lowest BCUT2D eigenvalue weighted by atomic mass is 10.2. The predicted molar refractivity (Wildman–Crippen MR) is 67.4 cm³/mol. The molecule has 0 aliphatic rings. The molecule has 1 aromatic heterocycles. The van der Waals surface area contributed by atoms with Crippen LogP contribution in [0, 0.1) is 0 Å². The van der Waals surface area contributed by atoms with E-state index in [4.69, 9.17) is 5.11 Å². The van der Waals surface area contributed by atoms with Crippen LogP contribution in [0.2, 0.25) is 0 Å². The second-order valence-corrected chi connectivity index (χ2v) is 4.91. The minimum atomic E-state index is -4.78. The third-order valence-electron chi connectivity index (χ3n) is 2.58. The Morgan fingerprint density at radius 3 is 2.40 bits per heavy atom. The van der Waals surface area contributed by atoms with Gasteiger partial charge in [0.15, 0.2) is 5.69 Å². The number of aromatic nitrogens is 2. The van der Waals surface area contributed by atoms with Gasteiger partial charge in [-0.2, -0.15) is 18.3 Å². The third kappa shape index (κ3) is 3.01. The smallest absolute Gasteiger partial charge is 0.433 e. The topological polar surface area (TPSA) is 55.1 Å². The lowest BCUT2D eigenvalue weighted by molar-refractivity contribution is -0.144. The fourth-order valence-corrected chi connectivity index (χ4v) is 1.99. The molecule has 0 aliphatic carbocycles. The van der Waals surface area contributed by atoms with Crippen molar-refractivity contribution in [3.05, 3.63) is 51.8 Å². The molecule has 1 N–H and O–H groups in total. The van der Waals surface area contributed by atoms with Crippen LogP contribution < -0.4 is 0 Å². The molecule has 0 unspecified atom stereocenters. The number of carboxylic acids is 1. The van der Waals surface area contributed by atoms with Crippen molar-refractivity contribution in [2.45, 2.75) is 12.7 Å². The van der Waals surface area contributed by atoms with Gasteiger partial charge in [-0.05, 0) is 17.7 Å². The molecule has 2 aromatic rings. The fraction of sp³-hybridized carbons (Fsp3) is 0.167. The molecular weight excluding hydrogens is 341 g/mol. The van der Waals surface area contributed by atoms with Crippen molar-refractivity contribution >= 4 is 21.9 Å². The van der Waals surface area contributed by atoms with E-state index >= 15 is 0 Å². The highest BCUT2D eigenvalue weighted by atomic mass is 79.9. The van der Waals surface area contributed by atoms with Crippen LogP contribution in [0.15, 0.2) is 34.9 Å². The van der Waals surface area contributed by atoms with Gasteiger partial charge in [0, 0.05) is 4.47 Å². The van der Waals surface area contributed by atoms with Gasteiger partial charge in [0.25, 0.3) is 0 Å². The minimum Gasteiger partial charge on any atom is -0.478 e. The van der Waals surface area contributed by atoms with Crippen LogP contribution in [0.3, 0.4) is 0 Å². The van der Waals surface area contributed by atoms with Gasteiger partial charge in [0.1, 0.15) is 5.56 Å². The van der Waals surface area contributed by atoms with Crippen molar-refractivity contribution in [1.82, 2.24) is 9.78 Å². The first-order valence-electron chi connectivity index (χ1n) is 5.40. The quantitative estimate of drug-likeness (QED) is 0.924. The first-order chi connectivity index (χ1) is 9.29. The largest absolute Gasteiger partial charge is 0.478 e. The van der Waals surface area contributed by atoms with E-state index in [2.05, 4.69) is 21.0 Å². The molecular formula is C12H8BrF3N2O2. The lowest BCUT2D eigenvalue weighted by Gasteiger charge is -2.11. The van der Waals surface area contributed by atoms with Crippen molar-refractivity contribution in [3.8, 4) is 0 Å². The second kappa shape index (κ2) is 5.28. The number of alkyl halides is 3. The summed E-state index contributed by atoms with van der Waals surface area (Å²) in [6.45, 7) is -0.157. The summed E-state index contributed by atoms with van der Waals surface area (Å²) in [5, 5.41) is 12.3. The Morgan fingerprint density at radius 1 is 1.30 bits per heavy atom. The predicted octanol–water partition coefficient (Wildman–Crippen LogP) is 3.41. The molecule has 0 radical (unpaired) electrons. The summed E-state index contributed by atoms with van der Waals surface area (Å²) in [7, 11) is 0. The summed E-state index contributed by atoms with van der Waals surface area (Å²) < 4.78 is 40.3. The highest BCUT2D eigenvalue weighted by Gasteiger charge is 2.40. The number of carbonyl (C=O) groups is 1. The SMILES string of the molecule is O=C(O)c1cnn(Cc2ccc(Br)cc2)c1C(F)(F)F. The van der Waals surface area contributed by atoms with Crippen LogP contribution in [0.25, 0.3) is 0 Å². The zero-order valence-corrected chi connectivity index (χ0v) is 11.4. The number of hydrogen-bond acceptors (Lipinski definition) is 2. The number of aromatic carboxylic acids is 1. The lowest BCUT2D eigenvalue weighted by Crippen LogP contribution is -2.18. The molecule has 0 spiro atoms. The van der Waals surface area contributed by atoms with E-state index in [-0.39, 0.29) is 6.54 Å². The summed E-state index contributed by atoms with van der Waals surface area (Å²) >= 11 is 3.22. The van der Waals surface area contributed by atoms with E-state index in [0.717, 1.165) is 4.47 Å². The van der Waals surface area contributed by atoms with E-state index in [0.29, 0.717) is 16.4 Å². The molecule has 20 heavy (non-hydrogen) atoms. The Balaban J connectivity index is 2.42. The zero-order chi connectivity index (χ0) is 14.9. The molecule has 0 bridgehead atoms. The average Bonchev–Trinajstić information content (AvgIpc) is 2.76. The van der Waals surface area contributed by atoms with Crippen molar-refractivity contribution in [1.29, 1.82) is 0 Å². The molecule has 1 heterocycles. The fourth-order valence-electron chi connectivity index (χ4n) is 1.72. The standard InChI is InChI=1S/C12H8BrF3N2O2/c13-8-3-1-7(2-4-8)6-18-10(12(14,15)16)9(5-17-18)11(19)20/h1-5H,6H2,(H,19,20). The van der Waals surface area contributed by atoms with E-state index in [1.807, 2.05) is 0 Å².